The van der Waals surface area contributed by atoms with Crippen LogP contribution in [0.15, 0.2) is 41.5 Å². The zero-order valence-corrected chi connectivity index (χ0v) is 27.1. The minimum atomic E-state index is -0.360. The first-order chi connectivity index (χ1) is 14.9. The van der Waals surface area contributed by atoms with E-state index in [4.69, 9.17) is 11.2 Å². The summed E-state index contributed by atoms with van der Waals surface area (Å²) in [4.78, 5) is 3.94. The van der Waals surface area contributed by atoms with Crippen LogP contribution < -0.4 is 5.73 Å². The van der Waals surface area contributed by atoms with Gasteiger partial charge >= 0.3 is 0 Å². The molecule has 0 unspecified atom stereocenters. The van der Waals surface area contributed by atoms with Crippen molar-refractivity contribution in [1.82, 2.24) is 5.01 Å². The van der Waals surface area contributed by atoms with E-state index in [9.17, 15) is 4.39 Å². The maximum absolute atomic E-state index is 14.7. The van der Waals surface area contributed by atoms with Gasteiger partial charge in [0.2, 0.25) is 0 Å². The molecule has 173 valence electrons. The van der Waals surface area contributed by atoms with Gasteiger partial charge in [0.25, 0.3) is 0 Å². The second kappa shape index (κ2) is 14.0. The molecule has 0 amide bonds. The van der Waals surface area contributed by atoms with E-state index in [1.54, 1.807) is 19.3 Å². The summed E-state index contributed by atoms with van der Waals surface area (Å²) in [5, 5.41) is 6.53. The third kappa shape index (κ3) is 7.90. The van der Waals surface area contributed by atoms with Gasteiger partial charge in [-0.3, -0.25) is 4.99 Å². The minimum absolute atomic E-state index is 0. The van der Waals surface area contributed by atoms with E-state index in [0.717, 1.165) is 18.5 Å². The van der Waals surface area contributed by atoms with Gasteiger partial charge in [0.15, 0.2) is 0 Å². The van der Waals surface area contributed by atoms with Crippen molar-refractivity contribution >= 4 is 23.2 Å². The summed E-state index contributed by atoms with van der Waals surface area (Å²) in [7, 11) is 3.47. The van der Waals surface area contributed by atoms with Gasteiger partial charge in [0, 0.05) is 101 Å². The van der Waals surface area contributed by atoms with Crippen LogP contribution in [0.2, 0.25) is 0 Å². The Hall–Kier alpha value is -0.704. The SMILES string of the molecule is CN=C/C(=C\N)c1ccc([N-]N(Cc2cc(C(C)C)c([N-]C)cc2C)C2CC2)cc1F.[U].[Y]. The molecule has 2 aromatic carbocycles. The Balaban J connectivity index is 0.00000272. The van der Waals surface area contributed by atoms with Crippen LogP contribution in [0.5, 0.6) is 0 Å². The second-order valence-electron chi connectivity index (χ2n) is 8.32. The first kappa shape index (κ1) is 30.3. The monoisotopic (exact) mass is 748 g/mol. The Morgan fingerprint density at radius 2 is 1.97 bits per heavy atom. The number of nitrogens with two attached hydrogens (primary N) is 1. The van der Waals surface area contributed by atoms with Crippen molar-refractivity contribution in [2.24, 2.45) is 10.7 Å². The molecule has 1 radical (unpaired) electrons. The molecule has 0 atom stereocenters. The van der Waals surface area contributed by atoms with Gasteiger partial charge < -0.3 is 21.5 Å². The van der Waals surface area contributed by atoms with Crippen LogP contribution in [0, 0.1) is 43.9 Å². The molecule has 5 nitrogen and oxygen atoms in total. The smallest absolute Gasteiger partial charge is 0.129 e. The van der Waals surface area contributed by atoms with E-state index in [1.165, 1.54) is 29.0 Å². The maximum atomic E-state index is 14.7. The van der Waals surface area contributed by atoms with Crippen molar-refractivity contribution < 1.29 is 68.2 Å². The van der Waals surface area contributed by atoms with Gasteiger partial charge in [-0.25, -0.2) is 4.39 Å². The van der Waals surface area contributed by atoms with Crippen molar-refractivity contribution in [2.75, 3.05) is 14.1 Å². The van der Waals surface area contributed by atoms with Gasteiger partial charge in [-0.1, -0.05) is 43.7 Å². The van der Waals surface area contributed by atoms with Crippen LogP contribution in [0.25, 0.3) is 16.3 Å². The summed E-state index contributed by atoms with van der Waals surface area (Å²) < 4.78 is 14.7. The van der Waals surface area contributed by atoms with Crippen molar-refractivity contribution in [1.29, 1.82) is 0 Å². The third-order valence-corrected chi connectivity index (χ3v) is 5.60. The molecule has 0 heterocycles. The van der Waals surface area contributed by atoms with Crippen LogP contribution >= 0.6 is 0 Å². The molecule has 0 bridgehead atoms. The van der Waals surface area contributed by atoms with E-state index in [2.05, 4.69) is 48.2 Å². The summed E-state index contributed by atoms with van der Waals surface area (Å²) in [5.41, 5.74) is 16.7. The Labute approximate surface area is 246 Å². The Bertz CT molecular complexity index is 989. The normalized spacial score (nSPS) is 13.8. The van der Waals surface area contributed by atoms with Crippen molar-refractivity contribution in [2.45, 2.75) is 52.1 Å². The van der Waals surface area contributed by atoms with E-state index < -0.39 is 0 Å². The van der Waals surface area contributed by atoms with E-state index in [-0.39, 0.29) is 69.6 Å². The fourth-order valence-electron chi connectivity index (χ4n) is 3.67. The molecule has 0 saturated heterocycles. The molecule has 1 aliphatic rings. The molecule has 3 rings (SSSR count). The summed E-state index contributed by atoms with van der Waals surface area (Å²) in [6, 6.07) is 9.79. The number of hydrogen-bond donors (Lipinski definition) is 1. The third-order valence-electron chi connectivity index (χ3n) is 5.60. The van der Waals surface area contributed by atoms with Crippen LogP contribution in [0.1, 0.15) is 54.9 Å². The first-order valence-electron chi connectivity index (χ1n) is 10.7. The van der Waals surface area contributed by atoms with Gasteiger partial charge in [-0.15, -0.1) is 18.4 Å². The molecule has 2 N–H and O–H groups in total. The molecule has 2 aromatic rings. The number of rotatable bonds is 9. The topological polar surface area (TPSA) is 69.8 Å². The number of aryl methyl sites for hydroxylation is 1. The van der Waals surface area contributed by atoms with E-state index in [1.807, 2.05) is 13.1 Å². The van der Waals surface area contributed by atoms with Gasteiger partial charge in [-0.05, 0) is 48.9 Å². The number of nitrogens with zero attached hydrogens (tertiary/aromatic N) is 4. The zero-order chi connectivity index (χ0) is 22.5. The number of halogens is 1. The average Bonchev–Trinajstić information content (AvgIpc) is 3.58. The van der Waals surface area contributed by atoms with Gasteiger partial charge in [0.1, 0.15) is 5.82 Å². The average molecular weight is 748 g/mol. The fraction of sp³-hybridized carbons (Fsp3) is 0.400. The predicted octanol–water partition coefficient (Wildman–Crippen LogP) is 6.48. The van der Waals surface area contributed by atoms with Crippen molar-refractivity contribution in [3.63, 3.8) is 0 Å². The van der Waals surface area contributed by atoms with Crippen LogP contribution in [0.4, 0.5) is 15.8 Å². The summed E-state index contributed by atoms with van der Waals surface area (Å²) in [6.07, 6.45) is 5.12. The first-order valence-corrected chi connectivity index (χ1v) is 10.7. The Morgan fingerprint density at radius 1 is 1.27 bits per heavy atom. The Morgan fingerprint density at radius 3 is 2.48 bits per heavy atom. The second-order valence-corrected chi connectivity index (χ2v) is 8.32. The molecule has 0 aromatic heterocycles. The number of hydrogen-bond acceptors (Lipinski definition) is 3. The van der Waals surface area contributed by atoms with E-state index in [0.29, 0.717) is 35.3 Å². The maximum Gasteiger partial charge on any atom is 0.129 e. The van der Waals surface area contributed by atoms with E-state index >= 15 is 0 Å². The quantitative estimate of drug-likeness (QED) is 0.236. The molecular weight excluding hydrogens is 716 g/mol. The molecule has 1 fully saturated rings. The predicted molar refractivity (Wildman–Crippen MR) is 129 cm³/mol. The molecule has 1 saturated carbocycles. The fourth-order valence-corrected chi connectivity index (χ4v) is 3.67. The summed E-state index contributed by atoms with van der Waals surface area (Å²) >= 11 is 0. The molecule has 1 aliphatic carbocycles. The van der Waals surface area contributed by atoms with Crippen LogP contribution in [0.3, 0.4) is 0 Å². The summed E-state index contributed by atoms with van der Waals surface area (Å²) in [6.45, 7) is 7.18. The van der Waals surface area contributed by atoms with Crippen LogP contribution in [-0.4, -0.2) is 31.4 Å². The molecule has 0 aliphatic heterocycles. The zero-order valence-electron chi connectivity index (χ0n) is 20.1. The largest absolute Gasteiger partial charge is 0.687 e. The molecule has 8 heteroatoms. The van der Waals surface area contributed by atoms with Crippen molar-refractivity contribution in [3.05, 3.63) is 75.3 Å². The summed E-state index contributed by atoms with van der Waals surface area (Å²) in [5.74, 6) is 0.0308. The van der Waals surface area contributed by atoms with Crippen LogP contribution in [-0.2, 0) is 39.3 Å². The molecule has 0 spiro atoms. The van der Waals surface area contributed by atoms with Crippen molar-refractivity contribution in [3.8, 4) is 0 Å². The van der Waals surface area contributed by atoms with Gasteiger partial charge in [0.05, 0.1) is 0 Å². The number of aliphatic imine (C=N–C) groups is 1. The Kier molecular flexibility index (Phi) is 12.9. The molecule has 33 heavy (non-hydrogen) atoms. The minimum Gasteiger partial charge on any atom is -0.687 e. The number of allylic oxidation sites excluding steroid dienone is 1. The standard InChI is InChI=1S/C25H32FN5.U.Y/c1-16(2)23-11-18(17(3)10-25(23)29-5)15-31(21-7-8-21)30-20-6-9-22(24(26)12-20)19(13-27)14-28-4;;/h6,9-14,16,21H,7-8,15,27H2,1-5H3;;/q-2;;/b19-13+,28-14?;;. The van der Waals surface area contributed by atoms with Gasteiger partial charge in [-0.2, -0.15) is 0 Å². The number of benzene rings is 2. The molecular formula is C25H32FN5UY-2.